The van der Waals surface area contributed by atoms with E-state index in [4.69, 9.17) is 5.73 Å². The molecule has 4 nitrogen and oxygen atoms in total. The average Bonchev–Trinajstić information content (AvgIpc) is 2.80. The Kier molecular flexibility index (Phi) is 21.1. The minimum absolute atomic E-state index is 0.0349. The van der Waals surface area contributed by atoms with Gasteiger partial charge in [0.2, 0.25) is 0 Å². The van der Waals surface area contributed by atoms with Gasteiger partial charge in [0.25, 0.3) is 5.66 Å². The summed E-state index contributed by atoms with van der Waals surface area (Å²) in [6.07, 6.45) is 29.5. The summed E-state index contributed by atoms with van der Waals surface area (Å²) in [6, 6.07) is 0. The van der Waals surface area contributed by atoms with Gasteiger partial charge in [0.1, 0.15) is 0 Å². The van der Waals surface area contributed by atoms with Crippen LogP contribution in [0.3, 0.4) is 0 Å². The highest BCUT2D eigenvalue weighted by atomic mass is 16.4. The molecule has 0 amide bonds. The predicted molar refractivity (Wildman–Crippen MR) is 154 cm³/mol. The predicted octanol–water partition coefficient (Wildman–Crippen LogP) is 9.06. The zero-order valence-electron chi connectivity index (χ0n) is 24.7. The Morgan fingerprint density at radius 1 is 0.600 bits per heavy atom. The van der Waals surface area contributed by atoms with E-state index in [1.54, 1.807) is 0 Å². The summed E-state index contributed by atoms with van der Waals surface area (Å²) in [5.74, 6) is -0.808. The molecule has 0 heterocycles. The number of likely N-dealkylation sites (N-methyl/N-ethyl adjacent to an activating group) is 1. The molecule has 0 saturated carbocycles. The van der Waals surface area contributed by atoms with E-state index >= 15 is 0 Å². The van der Waals surface area contributed by atoms with Crippen LogP contribution >= 0.6 is 0 Å². The molecule has 0 saturated heterocycles. The molecule has 0 aliphatic carbocycles. The van der Waals surface area contributed by atoms with E-state index in [9.17, 15) is 9.90 Å². The molecule has 0 aromatic heterocycles. The van der Waals surface area contributed by atoms with E-state index in [1.165, 1.54) is 122 Å². The topological polar surface area (TPSA) is 63.3 Å². The van der Waals surface area contributed by atoms with Crippen LogP contribution in [-0.4, -0.2) is 42.4 Å². The Hall–Kier alpha value is -0.610. The number of rotatable bonds is 26. The number of quaternary nitrogens is 1. The highest BCUT2D eigenvalue weighted by Gasteiger charge is 2.52. The van der Waals surface area contributed by atoms with Gasteiger partial charge in [-0.2, -0.15) is 0 Å². The van der Waals surface area contributed by atoms with E-state index in [2.05, 4.69) is 13.8 Å². The van der Waals surface area contributed by atoms with Crippen molar-refractivity contribution >= 4 is 5.97 Å². The number of carbonyl (C=O) groups is 1. The molecule has 0 aliphatic rings. The van der Waals surface area contributed by atoms with Crippen molar-refractivity contribution in [1.82, 2.24) is 0 Å². The molecular formula is C31H65N2O2+. The first-order chi connectivity index (χ1) is 16.7. The number of unbranched alkanes of at least 4 members (excludes halogenated alkanes) is 19. The lowest BCUT2D eigenvalue weighted by Gasteiger charge is -2.44. The Morgan fingerprint density at radius 2 is 0.857 bits per heavy atom. The first-order valence-electron chi connectivity index (χ1n) is 15.6. The second-order valence-electron chi connectivity index (χ2n) is 12.1. The quantitative estimate of drug-likeness (QED) is 0.0711. The van der Waals surface area contributed by atoms with Gasteiger partial charge in [-0.05, 0) is 12.8 Å². The van der Waals surface area contributed by atoms with Gasteiger partial charge in [-0.1, -0.05) is 149 Å². The minimum Gasteiger partial charge on any atom is -0.476 e. The van der Waals surface area contributed by atoms with Crippen molar-refractivity contribution < 1.29 is 14.4 Å². The summed E-state index contributed by atoms with van der Waals surface area (Å²) in [5.41, 5.74) is 5.47. The standard InChI is InChI=1S/C31H64N2O2/c1-6-8-10-12-14-16-17-18-20-22-24-26-28-29(31(32,30(34)35)33(3,4)5)27-25-23-21-19-15-13-11-9-7-2/h29H,6-28,32H2,1-5H3/p+1. The van der Waals surface area contributed by atoms with E-state index in [0.29, 0.717) is 0 Å². The van der Waals surface area contributed by atoms with Crippen LogP contribution in [0.25, 0.3) is 0 Å². The summed E-state index contributed by atoms with van der Waals surface area (Å²) in [5, 5.41) is 10.1. The molecule has 0 rings (SSSR count). The Balaban J connectivity index is 4.34. The lowest BCUT2D eigenvalue weighted by atomic mass is 9.81. The van der Waals surface area contributed by atoms with Crippen molar-refractivity contribution in [1.29, 1.82) is 0 Å². The van der Waals surface area contributed by atoms with Crippen LogP contribution in [0.2, 0.25) is 0 Å². The molecular weight excluding hydrogens is 432 g/mol. The summed E-state index contributed by atoms with van der Waals surface area (Å²) in [7, 11) is 5.83. The van der Waals surface area contributed by atoms with Crippen molar-refractivity contribution in [3.63, 3.8) is 0 Å². The largest absolute Gasteiger partial charge is 0.476 e. The van der Waals surface area contributed by atoms with E-state index in [0.717, 1.165) is 25.7 Å². The van der Waals surface area contributed by atoms with Crippen LogP contribution in [0.1, 0.15) is 162 Å². The normalized spacial score (nSPS) is 14.7. The van der Waals surface area contributed by atoms with Gasteiger partial charge in [0.05, 0.1) is 21.1 Å². The van der Waals surface area contributed by atoms with Gasteiger partial charge < -0.3 is 9.59 Å². The fraction of sp³-hybridized carbons (Fsp3) is 0.968. The van der Waals surface area contributed by atoms with Gasteiger partial charge >= 0.3 is 5.97 Å². The molecule has 210 valence electrons. The molecule has 0 aliphatic heterocycles. The van der Waals surface area contributed by atoms with Crippen molar-refractivity contribution in [2.75, 3.05) is 21.1 Å². The van der Waals surface area contributed by atoms with Crippen LogP contribution in [0.15, 0.2) is 0 Å². The number of hydrogen-bond donors (Lipinski definition) is 2. The fourth-order valence-corrected chi connectivity index (χ4v) is 5.53. The SMILES string of the molecule is CCCCCCCCCCCCCCC(CCCCCCCCCCC)C(N)(C(=O)O)[N+](C)(C)C. The van der Waals surface area contributed by atoms with Crippen LogP contribution in [0.4, 0.5) is 0 Å². The number of nitrogens with two attached hydrogens (primary N) is 1. The minimum atomic E-state index is -1.21. The molecule has 3 N–H and O–H groups in total. The zero-order valence-corrected chi connectivity index (χ0v) is 24.7. The van der Waals surface area contributed by atoms with Gasteiger partial charge in [0, 0.05) is 5.92 Å². The summed E-state index contributed by atoms with van der Waals surface area (Å²) < 4.78 is 0.280. The van der Waals surface area contributed by atoms with Gasteiger partial charge in [-0.15, -0.1) is 0 Å². The van der Waals surface area contributed by atoms with Crippen molar-refractivity contribution in [3.8, 4) is 0 Å². The average molecular weight is 498 g/mol. The molecule has 0 radical (unpaired) electrons. The Morgan fingerprint density at radius 3 is 1.09 bits per heavy atom. The Labute approximate surface area is 220 Å². The van der Waals surface area contributed by atoms with E-state index in [1.807, 2.05) is 21.1 Å². The third kappa shape index (κ3) is 16.0. The summed E-state index contributed by atoms with van der Waals surface area (Å²) in [4.78, 5) is 12.3. The maximum absolute atomic E-state index is 12.3. The molecule has 2 unspecified atom stereocenters. The van der Waals surface area contributed by atoms with Crippen molar-refractivity contribution in [2.24, 2.45) is 11.7 Å². The van der Waals surface area contributed by atoms with Crippen LogP contribution in [0.5, 0.6) is 0 Å². The summed E-state index contributed by atoms with van der Waals surface area (Å²) in [6.45, 7) is 4.54. The second-order valence-corrected chi connectivity index (χ2v) is 12.1. The lowest BCUT2D eigenvalue weighted by Crippen LogP contribution is -2.71. The van der Waals surface area contributed by atoms with Crippen LogP contribution < -0.4 is 5.73 Å². The molecule has 35 heavy (non-hydrogen) atoms. The molecule has 4 heteroatoms. The highest BCUT2D eigenvalue weighted by Crippen LogP contribution is 2.32. The number of carboxylic acids is 1. The third-order valence-electron chi connectivity index (χ3n) is 8.14. The number of nitrogens with zero attached hydrogens (tertiary/aromatic N) is 1. The van der Waals surface area contributed by atoms with Gasteiger partial charge in [-0.25, -0.2) is 4.79 Å². The molecule has 2 atom stereocenters. The third-order valence-corrected chi connectivity index (χ3v) is 8.14. The number of aliphatic carboxylic acids is 1. The zero-order chi connectivity index (χ0) is 26.4. The number of carboxylic acid groups (broad SMARTS) is 1. The van der Waals surface area contributed by atoms with Crippen LogP contribution in [0, 0.1) is 5.92 Å². The first-order valence-corrected chi connectivity index (χ1v) is 15.6. The molecule has 0 spiro atoms. The monoisotopic (exact) mass is 498 g/mol. The van der Waals surface area contributed by atoms with Crippen molar-refractivity contribution in [3.05, 3.63) is 0 Å². The van der Waals surface area contributed by atoms with Crippen LogP contribution in [-0.2, 0) is 4.79 Å². The molecule has 0 bridgehead atoms. The first kappa shape index (κ1) is 34.4. The molecule has 0 aromatic rings. The molecule has 0 aromatic carbocycles. The second kappa shape index (κ2) is 21.5. The summed E-state index contributed by atoms with van der Waals surface area (Å²) >= 11 is 0. The van der Waals surface area contributed by atoms with Gasteiger partial charge in [-0.3, -0.25) is 5.73 Å². The fourth-order valence-electron chi connectivity index (χ4n) is 5.53. The maximum atomic E-state index is 12.3. The molecule has 0 fully saturated rings. The number of hydrogen-bond acceptors (Lipinski definition) is 2. The van der Waals surface area contributed by atoms with E-state index in [-0.39, 0.29) is 10.4 Å². The lowest BCUT2D eigenvalue weighted by molar-refractivity contribution is -0.918. The maximum Gasteiger partial charge on any atom is 0.382 e. The highest BCUT2D eigenvalue weighted by molar-refractivity contribution is 5.76. The van der Waals surface area contributed by atoms with Crippen molar-refractivity contribution in [2.45, 2.75) is 167 Å². The Bertz CT molecular complexity index is 489. The van der Waals surface area contributed by atoms with Gasteiger partial charge in [0.15, 0.2) is 0 Å². The van der Waals surface area contributed by atoms with E-state index < -0.39 is 11.6 Å². The smallest absolute Gasteiger partial charge is 0.382 e.